The van der Waals surface area contributed by atoms with Gasteiger partial charge in [0.15, 0.2) is 6.29 Å². The molecule has 0 bridgehead atoms. The number of aldehydes is 1. The number of hydrogen-bond donors (Lipinski definition) is 2. The first kappa shape index (κ1) is 25.6. The summed E-state index contributed by atoms with van der Waals surface area (Å²) in [4.78, 5) is 24.1. The van der Waals surface area contributed by atoms with Crippen LogP contribution in [0, 0.1) is 5.82 Å². The van der Waals surface area contributed by atoms with E-state index in [2.05, 4.69) is 20.3 Å². The minimum absolute atomic E-state index is 0.158. The average Bonchev–Trinajstić information content (AvgIpc) is 3.46. The highest BCUT2D eigenvalue weighted by Crippen LogP contribution is 2.32. The van der Waals surface area contributed by atoms with Crippen molar-refractivity contribution in [2.45, 2.75) is 12.8 Å². The van der Waals surface area contributed by atoms with Crippen molar-refractivity contribution >= 4 is 29.0 Å². The lowest BCUT2D eigenvalue weighted by atomic mass is 10.2. The van der Waals surface area contributed by atoms with Crippen LogP contribution in [0.5, 0.6) is 0 Å². The molecule has 1 aromatic carbocycles. The van der Waals surface area contributed by atoms with Crippen LogP contribution in [0.4, 0.5) is 29.1 Å². The number of nitrogen functional groups attached to an aromatic ring is 1. The molecule has 0 aliphatic rings. The highest BCUT2D eigenvalue weighted by Gasteiger charge is 2.31. The summed E-state index contributed by atoms with van der Waals surface area (Å²) in [5, 5.41) is 2.33. The van der Waals surface area contributed by atoms with Gasteiger partial charge in [0.25, 0.3) is 0 Å². The Hall–Kier alpha value is -4.52. The number of imidazole rings is 2. The van der Waals surface area contributed by atoms with Gasteiger partial charge < -0.3 is 15.8 Å². The maximum absolute atomic E-state index is 12.7. The zero-order valence-electron chi connectivity index (χ0n) is 19.6. The highest BCUT2D eigenvalue weighted by molar-refractivity contribution is 5.86. The summed E-state index contributed by atoms with van der Waals surface area (Å²) in [6.07, 6.45) is 3.08. The molecule has 4 heterocycles. The van der Waals surface area contributed by atoms with Gasteiger partial charge >= 0.3 is 6.18 Å². The van der Waals surface area contributed by atoms with E-state index in [4.69, 9.17) is 10.5 Å². The van der Waals surface area contributed by atoms with Crippen LogP contribution < -0.4 is 11.1 Å². The number of pyridine rings is 1. The Kier molecular flexibility index (Phi) is 7.07. The van der Waals surface area contributed by atoms with E-state index < -0.39 is 17.6 Å². The standard InChI is InChI=1S/C16H14N6O2.C8H7F4N/c1-24-9-13-20-14(15-16(17)18-3-5-22(13)15)10-2-4-21-11(8-23)7-19-12(21)6-10;1-13-7-4-5(8(10,11)12)2-3-6(7)9/h2-8H,9H2,1H3,(H2,17,18);2-4,13H,1H3. The molecule has 0 atom stereocenters. The predicted molar refractivity (Wildman–Crippen MR) is 129 cm³/mol. The number of rotatable bonds is 5. The molecule has 192 valence electrons. The third-order valence-electron chi connectivity index (χ3n) is 5.43. The summed E-state index contributed by atoms with van der Waals surface area (Å²) in [5.41, 5.74) is 8.45. The maximum Gasteiger partial charge on any atom is 0.416 e. The summed E-state index contributed by atoms with van der Waals surface area (Å²) in [6.45, 7) is 0.353. The fraction of sp³-hybridized carbons (Fsp3) is 0.167. The number of benzene rings is 1. The number of hydrogen-bond acceptors (Lipinski definition) is 7. The Balaban J connectivity index is 0.000000209. The Morgan fingerprint density at radius 3 is 2.59 bits per heavy atom. The molecule has 13 heteroatoms. The molecular formula is C24H21F4N7O2. The van der Waals surface area contributed by atoms with E-state index in [-0.39, 0.29) is 5.69 Å². The van der Waals surface area contributed by atoms with Gasteiger partial charge in [0.2, 0.25) is 0 Å². The van der Waals surface area contributed by atoms with E-state index in [9.17, 15) is 22.4 Å². The molecule has 9 nitrogen and oxygen atoms in total. The normalized spacial score (nSPS) is 11.4. The molecule has 0 aliphatic heterocycles. The summed E-state index contributed by atoms with van der Waals surface area (Å²) in [7, 11) is 2.97. The number of aromatic nitrogens is 5. The van der Waals surface area contributed by atoms with Gasteiger partial charge in [-0.1, -0.05) is 0 Å². The SMILES string of the molecule is CNc1cc(C(F)(F)F)ccc1F.COCc1nc(-c2ccn3c(C=O)cnc3c2)c2c(N)nccn12. The van der Waals surface area contributed by atoms with Crippen LogP contribution in [0.25, 0.3) is 22.4 Å². The number of carbonyl (C=O) groups is 1. The fourth-order valence-corrected chi connectivity index (χ4v) is 3.69. The fourth-order valence-electron chi connectivity index (χ4n) is 3.69. The number of ether oxygens (including phenoxy) is 1. The second-order valence-corrected chi connectivity index (χ2v) is 7.73. The number of nitrogens with two attached hydrogens (primary N) is 1. The van der Waals surface area contributed by atoms with Gasteiger partial charge in [-0.3, -0.25) is 13.6 Å². The van der Waals surface area contributed by atoms with Crippen molar-refractivity contribution in [3.05, 3.63) is 78.0 Å². The lowest BCUT2D eigenvalue weighted by Gasteiger charge is -2.08. The largest absolute Gasteiger partial charge is 0.416 e. The number of halogens is 4. The third kappa shape index (κ3) is 5.07. The molecule has 0 unspecified atom stereocenters. The lowest BCUT2D eigenvalue weighted by molar-refractivity contribution is -0.137. The summed E-state index contributed by atoms with van der Waals surface area (Å²) in [5.74, 6) is 0.419. The van der Waals surface area contributed by atoms with Gasteiger partial charge in [0.1, 0.15) is 46.6 Å². The van der Waals surface area contributed by atoms with E-state index >= 15 is 0 Å². The van der Waals surface area contributed by atoms with Crippen molar-refractivity contribution in [1.82, 2.24) is 23.8 Å². The van der Waals surface area contributed by atoms with Crippen molar-refractivity contribution in [2.24, 2.45) is 0 Å². The average molecular weight is 515 g/mol. The topological polar surface area (TPSA) is 112 Å². The van der Waals surface area contributed by atoms with Crippen LogP contribution in [0.3, 0.4) is 0 Å². The molecule has 4 aromatic heterocycles. The molecule has 0 saturated carbocycles. The van der Waals surface area contributed by atoms with Crippen molar-refractivity contribution in [2.75, 3.05) is 25.2 Å². The number of fused-ring (bicyclic) bond motifs is 2. The molecular weight excluding hydrogens is 494 g/mol. The van der Waals surface area contributed by atoms with Crippen LogP contribution in [-0.4, -0.2) is 44.2 Å². The zero-order valence-corrected chi connectivity index (χ0v) is 19.6. The molecule has 5 aromatic rings. The minimum Gasteiger partial charge on any atom is -0.386 e. The van der Waals surface area contributed by atoms with Crippen molar-refractivity contribution in [3.8, 4) is 11.3 Å². The first-order chi connectivity index (χ1) is 17.7. The van der Waals surface area contributed by atoms with E-state index in [1.54, 1.807) is 30.1 Å². The van der Waals surface area contributed by atoms with Gasteiger partial charge in [-0.05, 0) is 30.3 Å². The second kappa shape index (κ2) is 10.2. The number of nitrogens with zero attached hydrogens (tertiary/aromatic N) is 5. The Morgan fingerprint density at radius 1 is 1.14 bits per heavy atom. The zero-order chi connectivity index (χ0) is 26.7. The second-order valence-electron chi connectivity index (χ2n) is 7.73. The summed E-state index contributed by atoms with van der Waals surface area (Å²) in [6, 6.07) is 5.95. The van der Waals surface area contributed by atoms with E-state index in [1.807, 2.05) is 16.5 Å². The number of carbonyl (C=O) groups excluding carboxylic acids is 1. The molecule has 0 saturated heterocycles. The van der Waals surface area contributed by atoms with E-state index in [1.165, 1.54) is 13.2 Å². The summed E-state index contributed by atoms with van der Waals surface area (Å²) >= 11 is 0. The molecule has 3 N–H and O–H groups in total. The van der Waals surface area contributed by atoms with E-state index in [0.717, 1.165) is 35.3 Å². The first-order valence-electron chi connectivity index (χ1n) is 10.8. The number of nitrogens with one attached hydrogen (secondary N) is 1. The van der Waals surface area contributed by atoms with Gasteiger partial charge in [-0.15, -0.1) is 0 Å². The first-order valence-corrected chi connectivity index (χ1v) is 10.8. The molecule has 0 amide bonds. The lowest BCUT2D eigenvalue weighted by Crippen LogP contribution is -2.06. The number of methoxy groups -OCH3 is 1. The number of alkyl halides is 3. The smallest absolute Gasteiger partial charge is 0.386 e. The molecule has 0 spiro atoms. The van der Waals surface area contributed by atoms with Gasteiger partial charge in [0, 0.05) is 38.3 Å². The molecule has 37 heavy (non-hydrogen) atoms. The Labute approximate surface area is 207 Å². The van der Waals surface area contributed by atoms with Crippen LogP contribution >= 0.6 is 0 Å². The van der Waals surface area contributed by atoms with E-state index in [0.29, 0.717) is 35.5 Å². The number of anilines is 2. The highest BCUT2D eigenvalue weighted by atomic mass is 19.4. The Bertz CT molecular complexity index is 1580. The van der Waals surface area contributed by atoms with Crippen molar-refractivity contribution in [1.29, 1.82) is 0 Å². The van der Waals surface area contributed by atoms with Gasteiger partial charge in [-0.2, -0.15) is 13.2 Å². The third-order valence-corrected chi connectivity index (χ3v) is 5.43. The monoisotopic (exact) mass is 515 g/mol. The molecule has 0 fully saturated rings. The predicted octanol–water partition coefficient (Wildman–Crippen LogP) is 4.47. The molecule has 5 rings (SSSR count). The van der Waals surface area contributed by atoms with Crippen LogP contribution in [0.2, 0.25) is 0 Å². The Morgan fingerprint density at radius 2 is 1.92 bits per heavy atom. The summed E-state index contributed by atoms with van der Waals surface area (Å²) < 4.78 is 57.8. The van der Waals surface area contributed by atoms with Crippen LogP contribution in [0.1, 0.15) is 21.9 Å². The van der Waals surface area contributed by atoms with Crippen LogP contribution in [-0.2, 0) is 17.5 Å². The van der Waals surface area contributed by atoms with Crippen molar-refractivity contribution < 1.29 is 27.1 Å². The van der Waals surface area contributed by atoms with Crippen molar-refractivity contribution in [3.63, 3.8) is 0 Å². The quantitative estimate of drug-likeness (QED) is 0.262. The molecule has 0 aliphatic carbocycles. The van der Waals surface area contributed by atoms with Gasteiger partial charge in [-0.25, -0.2) is 19.3 Å². The minimum atomic E-state index is -4.43. The van der Waals surface area contributed by atoms with Crippen LogP contribution in [0.15, 0.2) is 55.1 Å². The van der Waals surface area contributed by atoms with Gasteiger partial charge in [0.05, 0.1) is 17.4 Å². The molecule has 0 radical (unpaired) electrons. The maximum atomic E-state index is 12.7.